The van der Waals surface area contributed by atoms with Gasteiger partial charge < -0.3 is 13.6 Å². The summed E-state index contributed by atoms with van der Waals surface area (Å²) < 4.78 is 30.6. The van der Waals surface area contributed by atoms with Crippen molar-refractivity contribution in [1.82, 2.24) is 0 Å². The van der Waals surface area contributed by atoms with Crippen molar-refractivity contribution in [3.8, 4) is 17.2 Å². The van der Waals surface area contributed by atoms with E-state index in [-0.39, 0.29) is 0 Å². The highest BCUT2D eigenvalue weighted by Crippen LogP contribution is 2.50. The van der Waals surface area contributed by atoms with E-state index in [1.807, 2.05) is 69.3 Å². The van der Waals surface area contributed by atoms with Crippen molar-refractivity contribution in [2.24, 2.45) is 0 Å². The summed E-state index contributed by atoms with van der Waals surface area (Å²) >= 11 is 0. The van der Waals surface area contributed by atoms with Gasteiger partial charge in [-0.25, -0.2) is 0 Å². The molecule has 3 aromatic carbocycles. The molecule has 3 rings (SSSR count). The van der Waals surface area contributed by atoms with Gasteiger partial charge in [0.15, 0.2) is 0 Å². The van der Waals surface area contributed by atoms with Crippen LogP contribution in [0.1, 0.15) is 16.7 Å². The number of rotatable bonds is 6. The fourth-order valence-corrected chi connectivity index (χ4v) is 3.73. The molecule has 26 heavy (non-hydrogen) atoms. The van der Waals surface area contributed by atoms with E-state index in [9.17, 15) is 4.57 Å². The molecule has 0 amide bonds. The minimum absolute atomic E-state index is 0.418. The number of hydrogen-bond donors (Lipinski definition) is 0. The molecule has 0 unspecified atom stereocenters. The second-order valence-corrected chi connectivity index (χ2v) is 7.51. The molecule has 0 saturated carbocycles. The van der Waals surface area contributed by atoms with Crippen molar-refractivity contribution in [1.29, 1.82) is 0 Å². The quantitative estimate of drug-likeness (QED) is 0.482. The Morgan fingerprint density at radius 1 is 0.615 bits per heavy atom. The summed E-state index contributed by atoms with van der Waals surface area (Å²) in [4.78, 5) is 0. The number of benzene rings is 3. The average Bonchev–Trinajstić information content (AvgIpc) is 2.61. The first-order chi connectivity index (χ1) is 12.5. The first-order valence-electron chi connectivity index (χ1n) is 8.32. The molecule has 0 aliphatic heterocycles. The van der Waals surface area contributed by atoms with Gasteiger partial charge in [-0.1, -0.05) is 54.1 Å². The number of hydrogen-bond acceptors (Lipinski definition) is 4. The molecular formula is C21H21O4P. The molecule has 0 aliphatic carbocycles. The van der Waals surface area contributed by atoms with Gasteiger partial charge in [0.05, 0.1) is 0 Å². The van der Waals surface area contributed by atoms with Crippen LogP contribution in [0.15, 0.2) is 72.8 Å². The highest BCUT2D eigenvalue weighted by Gasteiger charge is 2.34. The van der Waals surface area contributed by atoms with Crippen LogP contribution in [0.4, 0.5) is 0 Å². The van der Waals surface area contributed by atoms with Gasteiger partial charge in [0, 0.05) is 0 Å². The summed E-state index contributed by atoms with van der Waals surface area (Å²) in [5.74, 6) is 1.33. The Hall–Kier alpha value is -2.71. The molecule has 4 nitrogen and oxygen atoms in total. The maximum atomic E-state index is 13.4. The molecule has 0 fully saturated rings. The maximum absolute atomic E-state index is 13.4. The van der Waals surface area contributed by atoms with E-state index in [4.69, 9.17) is 13.6 Å². The minimum atomic E-state index is -3.95. The van der Waals surface area contributed by atoms with E-state index in [2.05, 4.69) is 0 Å². The van der Waals surface area contributed by atoms with Gasteiger partial charge in [0.2, 0.25) is 0 Å². The fourth-order valence-electron chi connectivity index (χ4n) is 2.34. The van der Waals surface area contributed by atoms with Gasteiger partial charge in [-0.05, 0) is 56.2 Å². The van der Waals surface area contributed by atoms with Gasteiger partial charge >= 0.3 is 7.82 Å². The Morgan fingerprint density at radius 3 is 1.54 bits per heavy atom. The Labute approximate surface area is 154 Å². The highest BCUT2D eigenvalue weighted by molar-refractivity contribution is 7.49. The van der Waals surface area contributed by atoms with Crippen LogP contribution < -0.4 is 13.6 Å². The zero-order chi connectivity index (χ0) is 18.6. The summed E-state index contributed by atoms with van der Waals surface area (Å²) in [5, 5.41) is 0. The van der Waals surface area contributed by atoms with Crippen LogP contribution in [0.25, 0.3) is 0 Å². The van der Waals surface area contributed by atoms with Gasteiger partial charge in [-0.15, -0.1) is 0 Å². The highest BCUT2D eigenvalue weighted by atomic mass is 31.2. The van der Waals surface area contributed by atoms with Crippen LogP contribution >= 0.6 is 7.82 Å². The average molecular weight is 368 g/mol. The number of aryl methyl sites for hydroxylation is 3. The molecule has 0 saturated heterocycles. The molecule has 0 aliphatic rings. The lowest BCUT2D eigenvalue weighted by Crippen LogP contribution is -2.08. The van der Waals surface area contributed by atoms with Crippen molar-refractivity contribution < 1.29 is 18.1 Å². The zero-order valence-corrected chi connectivity index (χ0v) is 15.9. The maximum Gasteiger partial charge on any atom is 0.647 e. The van der Waals surface area contributed by atoms with Crippen LogP contribution in [-0.4, -0.2) is 0 Å². The Morgan fingerprint density at radius 2 is 1.08 bits per heavy atom. The van der Waals surface area contributed by atoms with E-state index in [1.165, 1.54) is 0 Å². The van der Waals surface area contributed by atoms with Crippen LogP contribution in [0.5, 0.6) is 17.2 Å². The van der Waals surface area contributed by atoms with Crippen molar-refractivity contribution in [2.45, 2.75) is 20.8 Å². The van der Waals surface area contributed by atoms with Gasteiger partial charge in [0.1, 0.15) is 17.2 Å². The predicted octanol–water partition coefficient (Wildman–Crippen LogP) is 6.26. The molecule has 5 heteroatoms. The molecular weight excluding hydrogens is 347 g/mol. The Balaban J connectivity index is 1.94. The van der Waals surface area contributed by atoms with Crippen LogP contribution in [0.2, 0.25) is 0 Å². The molecule has 134 valence electrons. The van der Waals surface area contributed by atoms with Crippen LogP contribution in [0.3, 0.4) is 0 Å². The molecule has 0 N–H and O–H groups in total. The normalized spacial score (nSPS) is 11.0. The minimum Gasteiger partial charge on any atom is -0.386 e. The van der Waals surface area contributed by atoms with Crippen LogP contribution in [-0.2, 0) is 4.57 Å². The number of phosphoric acid groups is 1. The molecule has 0 bridgehead atoms. The summed E-state index contributed by atoms with van der Waals surface area (Å²) in [6.07, 6.45) is 0. The van der Waals surface area contributed by atoms with E-state index < -0.39 is 7.82 Å². The first kappa shape index (κ1) is 18.1. The SMILES string of the molecule is Cc1ccc(OP(=O)(Oc2ccccc2C)Oc2ccccc2C)cc1. The molecule has 0 spiro atoms. The standard InChI is InChI=1S/C21H21O4P/c1-16-12-14-19(15-13-16)23-26(22,24-20-10-6-4-8-17(20)2)25-21-11-7-5-9-18(21)3/h4-15H,1-3H3. The third-order valence-electron chi connectivity index (χ3n) is 3.85. The van der Waals surface area contributed by atoms with Gasteiger partial charge in [0.25, 0.3) is 0 Å². The Kier molecular flexibility index (Phi) is 5.34. The van der Waals surface area contributed by atoms with Gasteiger partial charge in [-0.3, -0.25) is 0 Å². The summed E-state index contributed by atoms with van der Waals surface area (Å²) in [5.41, 5.74) is 2.76. The number of para-hydroxylation sites is 2. The predicted molar refractivity (Wildman–Crippen MR) is 103 cm³/mol. The van der Waals surface area contributed by atoms with E-state index in [0.29, 0.717) is 17.2 Å². The summed E-state index contributed by atoms with van der Waals surface area (Å²) in [7, 11) is -3.95. The third-order valence-corrected chi connectivity index (χ3v) is 5.12. The lowest BCUT2D eigenvalue weighted by atomic mass is 10.2. The van der Waals surface area contributed by atoms with E-state index in [1.54, 1.807) is 24.3 Å². The molecule has 0 aromatic heterocycles. The summed E-state index contributed by atoms with van der Waals surface area (Å²) in [6, 6.07) is 21.9. The van der Waals surface area contributed by atoms with E-state index in [0.717, 1.165) is 16.7 Å². The monoisotopic (exact) mass is 368 g/mol. The summed E-state index contributed by atoms with van der Waals surface area (Å²) in [6.45, 7) is 5.72. The molecule has 0 radical (unpaired) electrons. The lowest BCUT2D eigenvalue weighted by Gasteiger charge is -2.21. The smallest absolute Gasteiger partial charge is 0.386 e. The second-order valence-electron chi connectivity index (χ2n) is 6.07. The number of phosphoric ester groups is 1. The lowest BCUT2D eigenvalue weighted by molar-refractivity contribution is 0.297. The molecule has 3 aromatic rings. The largest absolute Gasteiger partial charge is 0.647 e. The molecule has 0 heterocycles. The third kappa shape index (κ3) is 4.47. The van der Waals surface area contributed by atoms with Crippen molar-refractivity contribution in [3.05, 3.63) is 89.5 Å². The topological polar surface area (TPSA) is 44.8 Å². The second kappa shape index (κ2) is 7.67. The van der Waals surface area contributed by atoms with E-state index >= 15 is 0 Å². The fraction of sp³-hybridized carbons (Fsp3) is 0.143. The van der Waals surface area contributed by atoms with Crippen LogP contribution in [0, 0.1) is 20.8 Å². The van der Waals surface area contributed by atoms with Gasteiger partial charge in [-0.2, -0.15) is 4.57 Å². The van der Waals surface area contributed by atoms with Crippen molar-refractivity contribution in [3.63, 3.8) is 0 Å². The van der Waals surface area contributed by atoms with Crippen molar-refractivity contribution in [2.75, 3.05) is 0 Å². The molecule has 0 atom stereocenters. The van der Waals surface area contributed by atoms with Crippen molar-refractivity contribution >= 4 is 7.82 Å². The zero-order valence-electron chi connectivity index (χ0n) is 15.0. The first-order valence-corrected chi connectivity index (χ1v) is 9.78. The Bertz CT molecular complexity index is 883.